The molecule has 30 heavy (non-hydrogen) atoms. The lowest BCUT2D eigenvalue weighted by atomic mass is 10.1. The molecule has 0 aliphatic rings. The van der Waals surface area contributed by atoms with Crippen LogP contribution in [0, 0.1) is 13.8 Å². The van der Waals surface area contributed by atoms with Crippen molar-refractivity contribution < 1.29 is 28.6 Å². The Bertz CT molecular complexity index is 899. The summed E-state index contributed by atoms with van der Waals surface area (Å²) in [7, 11) is 2.92. The second-order valence-corrected chi connectivity index (χ2v) is 6.68. The maximum Gasteiger partial charge on any atom is 0.339 e. The number of esters is 1. The van der Waals surface area contributed by atoms with Gasteiger partial charge in [-0.2, -0.15) is 0 Å². The monoisotopic (exact) mass is 414 g/mol. The summed E-state index contributed by atoms with van der Waals surface area (Å²) < 4.78 is 15.4. The van der Waals surface area contributed by atoms with Crippen LogP contribution in [0.25, 0.3) is 0 Å². The molecule has 1 atom stereocenters. The number of hydrogen-bond acceptors (Lipinski definition) is 6. The standard InChI is InChI=1S/C22H26N2O6/c1-13-7-6-8-14(2)20(13)24-19(25)12-23-21(26)15(3)30-22(27)16-9-17(28-4)11-18(10-16)29-5/h6-11,15H,12H2,1-5H3,(H,23,26)(H,24,25). The lowest BCUT2D eigenvalue weighted by molar-refractivity contribution is -0.130. The zero-order chi connectivity index (χ0) is 22.3. The first-order chi connectivity index (χ1) is 14.2. The second-order valence-electron chi connectivity index (χ2n) is 6.68. The highest BCUT2D eigenvalue weighted by atomic mass is 16.5. The maximum atomic E-state index is 12.4. The molecule has 2 N–H and O–H groups in total. The van der Waals surface area contributed by atoms with Crippen molar-refractivity contribution in [2.45, 2.75) is 26.9 Å². The van der Waals surface area contributed by atoms with Crippen LogP contribution >= 0.6 is 0 Å². The SMILES string of the molecule is COc1cc(OC)cc(C(=O)OC(C)C(=O)NCC(=O)Nc2c(C)cccc2C)c1. The van der Waals surface area contributed by atoms with E-state index in [0.29, 0.717) is 17.2 Å². The number of hydrogen-bond donors (Lipinski definition) is 2. The van der Waals surface area contributed by atoms with E-state index in [-0.39, 0.29) is 18.0 Å². The van der Waals surface area contributed by atoms with E-state index in [0.717, 1.165) is 11.1 Å². The van der Waals surface area contributed by atoms with Crippen LogP contribution in [0.2, 0.25) is 0 Å². The van der Waals surface area contributed by atoms with Gasteiger partial charge in [-0.3, -0.25) is 9.59 Å². The van der Waals surface area contributed by atoms with Crippen molar-refractivity contribution in [3.05, 3.63) is 53.1 Å². The molecule has 0 radical (unpaired) electrons. The van der Waals surface area contributed by atoms with Gasteiger partial charge in [-0.05, 0) is 44.0 Å². The molecular formula is C22H26N2O6. The molecule has 0 heterocycles. The Kier molecular flexibility index (Phi) is 7.80. The number of aryl methyl sites for hydroxylation is 2. The number of para-hydroxylation sites is 1. The average Bonchev–Trinajstić information content (AvgIpc) is 2.74. The molecule has 0 aliphatic heterocycles. The summed E-state index contributed by atoms with van der Waals surface area (Å²) in [5.41, 5.74) is 2.73. The number of ether oxygens (including phenoxy) is 3. The van der Waals surface area contributed by atoms with Gasteiger partial charge in [0.25, 0.3) is 5.91 Å². The molecule has 2 amide bonds. The number of anilines is 1. The van der Waals surface area contributed by atoms with Crippen LogP contribution in [0.4, 0.5) is 5.69 Å². The summed E-state index contributed by atoms with van der Waals surface area (Å²) >= 11 is 0. The summed E-state index contributed by atoms with van der Waals surface area (Å²) in [4.78, 5) is 36.8. The molecule has 0 saturated heterocycles. The van der Waals surface area contributed by atoms with Gasteiger partial charge in [0.15, 0.2) is 6.10 Å². The Morgan fingerprint density at radius 1 is 0.967 bits per heavy atom. The van der Waals surface area contributed by atoms with Crippen molar-refractivity contribution in [3.63, 3.8) is 0 Å². The fourth-order valence-electron chi connectivity index (χ4n) is 2.71. The number of amides is 2. The second kappa shape index (κ2) is 10.3. The Morgan fingerprint density at radius 3 is 2.07 bits per heavy atom. The molecular weight excluding hydrogens is 388 g/mol. The summed E-state index contributed by atoms with van der Waals surface area (Å²) in [5.74, 6) is -0.843. The predicted octanol–water partition coefficient (Wildman–Crippen LogP) is 2.62. The van der Waals surface area contributed by atoms with Crippen LogP contribution in [-0.2, 0) is 14.3 Å². The molecule has 0 fully saturated rings. The lowest BCUT2D eigenvalue weighted by Gasteiger charge is -2.15. The Labute approximate surface area is 175 Å². The summed E-state index contributed by atoms with van der Waals surface area (Å²) in [6.45, 7) is 4.95. The van der Waals surface area contributed by atoms with Crippen molar-refractivity contribution in [2.24, 2.45) is 0 Å². The molecule has 0 saturated carbocycles. The molecule has 1 unspecified atom stereocenters. The number of nitrogens with one attached hydrogen (secondary N) is 2. The fourth-order valence-corrected chi connectivity index (χ4v) is 2.71. The molecule has 0 spiro atoms. The Balaban J connectivity index is 1.91. The zero-order valence-corrected chi connectivity index (χ0v) is 17.7. The zero-order valence-electron chi connectivity index (χ0n) is 17.7. The van der Waals surface area contributed by atoms with Gasteiger partial charge in [0, 0.05) is 11.8 Å². The van der Waals surface area contributed by atoms with Crippen LogP contribution in [0.5, 0.6) is 11.5 Å². The minimum Gasteiger partial charge on any atom is -0.497 e. The van der Waals surface area contributed by atoms with E-state index < -0.39 is 18.0 Å². The van der Waals surface area contributed by atoms with Gasteiger partial charge < -0.3 is 24.8 Å². The predicted molar refractivity (Wildman–Crippen MR) is 112 cm³/mol. The van der Waals surface area contributed by atoms with E-state index in [4.69, 9.17) is 14.2 Å². The molecule has 0 aromatic heterocycles. The topological polar surface area (TPSA) is 103 Å². The summed E-state index contributed by atoms with van der Waals surface area (Å²) in [5, 5.41) is 5.24. The molecule has 0 aliphatic carbocycles. The fraction of sp³-hybridized carbons (Fsp3) is 0.318. The number of rotatable bonds is 8. The molecule has 2 aromatic rings. The number of carbonyl (C=O) groups excluding carboxylic acids is 3. The summed E-state index contributed by atoms with van der Waals surface area (Å²) in [6, 6.07) is 10.2. The highest BCUT2D eigenvalue weighted by Gasteiger charge is 2.20. The van der Waals surface area contributed by atoms with Gasteiger partial charge in [-0.25, -0.2) is 4.79 Å². The maximum absolute atomic E-state index is 12.4. The van der Waals surface area contributed by atoms with Crippen LogP contribution < -0.4 is 20.1 Å². The van der Waals surface area contributed by atoms with Gasteiger partial charge in [-0.15, -0.1) is 0 Å². The van der Waals surface area contributed by atoms with Crippen molar-refractivity contribution in [3.8, 4) is 11.5 Å². The van der Waals surface area contributed by atoms with Crippen LogP contribution in [0.3, 0.4) is 0 Å². The first-order valence-corrected chi connectivity index (χ1v) is 9.33. The van der Waals surface area contributed by atoms with Crippen molar-refractivity contribution in [1.82, 2.24) is 5.32 Å². The number of methoxy groups -OCH3 is 2. The first kappa shape index (κ1) is 22.7. The quantitative estimate of drug-likeness (QED) is 0.644. The number of benzene rings is 2. The van der Waals surface area contributed by atoms with Crippen molar-refractivity contribution in [1.29, 1.82) is 0 Å². The van der Waals surface area contributed by atoms with E-state index >= 15 is 0 Å². The molecule has 8 nitrogen and oxygen atoms in total. The lowest BCUT2D eigenvalue weighted by Crippen LogP contribution is -2.40. The number of carbonyl (C=O) groups is 3. The van der Waals surface area contributed by atoms with E-state index in [9.17, 15) is 14.4 Å². The van der Waals surface area contributed by atoms with Gasteiger partial charge in [-0.1, -0.05) is 18.2 Å². The van der Waals surface area contributed by atoms with Crippen LogP contribution in [-0.4, -0.2) is 44.7 Å². The highest BCUT2D eigenvalue weighted by molar-refractivity contribution is 5.97. The minimum atomic E-state index is -1.09. The van der Waals surface area contributed by atoms with Crippen molar-refractivity contribution >= 4 is 23.5 Å². The van der Waals surface area contributed by atoms with Crippen LogP contribution in [0.1, 0.15) is 28.4 Å². The van der Waals surface area contributed by atoms with E-state index in [1.165, 1.54) is 33.3 Å². The van der Waals surface area contributed by atoms with Gasteiger partial charge in [0.05, 0.1) is 26.3 Å². The van der Waals surface area contributed by atoms with Gasteiger partial charge >= 0.3 is 5.97 Å². The summed E-state index contributed by atoms with van der Waals surface area (Å²) in [6.07, 6.45) is -1.09. The van der Waals surface area contributed by atoms with Gasteiger partial charge in [0.1, 0.15) is 11.5 Å². The highest BCUT2D eigenvalue weighted by Crippen LogP contribution is 2.23. The third-order valence-corrected chi connectivity index (χ3v) is 4.41. The third kappa shape index (κ3) is 5.97. The van der Waals surface area contributed by atoms with Gasteiger partial charge in [0.2, 0.25) is 5.91 Å². The smallest absolute Gasteiger partial charge is 0.339 e. The molecule has 2 rings (SSSR count). The largest absolute Gasteiger partial charge is 0.497 e. The molecule has 2 aromatic carbocycles. The van der Waals surface area contributed by atoms with Crippen LogP contribution in [0.15, 0.2) is 36.4 Å². The first-order valence-electron chi connectivity index (χ1n) is 9.33. The normalized spacial score (nSPS) is 11.2. The third-order valence-electron chi connectivity index (χ3n) is 4.41. The molecule has 0 bridgehead atoms. The van der Waals surface area contributed by atoms with E-state index in [1.54, 1.807) is 6.07 Å². The van der Waals surface area contributed by atoms with E-state index in [1.807, 2.05) is 32.0 Å². The molecule has 8 heteroatoms. The average molecular weight is 414 g/mol. The molecule has 160 valence electrons. The van der Waals surface area contributed by atoms with E-state index in [2.05, 4.69) is 10.6 Å². The Morgan fingerprint density at radius 2 is 1.53 bits per heavy atom. The Hall–Kier alpha value is -3.55. The van der Waals surface area contributed by atoms with Crippen molar-refractivity contribution in [2.75, 3.05) is 26.1 Å². The minimum absolute atomic E-state index is 0.179.